The smallest absolute Gasteiger partial charge is 0.309 e. The quantitative estimate of drug-likeness (QED) is 0.750. The van der Waals surface area contributed by atoms with Crippen LogP contribution in [0.15, 0.2) is 30.3 Å². The van der Waals surface area contributed by atoms with Crippen molar-refractivity contribution < 1.29 is 9.76 Å². The van der Waals surface area contributed by atoms with Crippen molar-refractivity contribution in [2.45, 2.75) is 38.9 Å². The summed E-state index contributed by atoms with van der Waals surface area (Å²) in [7, 11) is 0.526. The van der Waals surface area contributed by atoms with Crippen LogP contribution in [0.3, 0.4) is 0 Å². The lowest BCUT2D eigenvalue weighted by Crippen LogP contribution is -2.49. The molecule has 0 saturated heterocycles. The summed E-state index contributed by atoms with van der Waals surface area (Å²) < 4.78 is 5.73. The zero-order chi connectivity index (χ0) is 11.5. The molecule has 1 aromatic carbocycles. The van der Waals surface area contributed by atoms with Crippen LogP contribution in [-0.4, -0.2) is 23.8 Å². The number of hydrogen-bond acceptors (Lipinski definition) is 2. The summed E-state index contributed by atoms with van der Waals surface area (Å²) in [4.78, 5) is 0. The molecular weight excluding hydrogens is 187 g/mol. The van der Waals surface area contributed by atoms with Crippen LogP contribution < -0.4 is 5.46 Å². The second-order valence-corrected chi connectivity index (χ2v) is 4.84. The number of rotatable bonds is 4. The minimum absolute atomic E-state index is 0.526. The Morgan fingerprint density at radius 2 is 1.60 bits per heavy atom. The molecule has 0 bridgehead atoms. The second-order valence-electron chi connectivity index (χ2n) is 4.84. The highest BCUT2D eigenvalue weighted by Gasteiger charge is 2.35. The molecule has 0 aliphatic rings. The van der Waals surface area contributed by atoms with Crippen molar-refractivity contribution in [1.29, 1.82) is 0 Å². The molecule has 1 rings (SSSR count). The van der Waals surface area contributed by atoms with E-state index in [0.717, 1.165) is 5.46 Å². The fourth-order valence-corrected chi connectivity index (χ4v) is 1.01. The average molecular weight is 206 g/mol. The van der Waals surface area contributed by atoms with Crippen molar-refractivity contribution >= 4 is 12.9 Å². The highest BCUT2D eigenvalue weighted by molar-refractivity contribution is 6.47. The lowest BCUT2D eigenvalue weighted by Gasteiger charge is -2.37. The fraction of sp³-hybridized carbons (Fsp3) is 0.500. The molecule has 0 heterocycles. The second kappa shape index (κ2) is 4.37. The van der Waals surface area contributed by atoms with E-state index in [9.17, 15) is 5.11 Å². The Morgan fingerprint density at radius 1 is 1.07 bits per heavy atom. The first-order valence-corrected chi connectivity index (χ1v) is 5.23. The topological polar surface area (TPSA) is 29.5 Å². The van der Waals surface area contributed by atoms with Crippen molar-refractivity contribution in [3.8, 4) is 0 Å². The van der Waals surface area contributed by atoms with Gasteiger partial charge < -0.3 is 9.76 Å². The van der Waals surface area contributed by atoms with E-state index in [1.807, 2.05) is 44.2 Å². The van der Waals surface area contributed by atoms with Crippen molar-refractivity contribution in [2.24, 2.45) is 0 Å². The molecule has 0 atom stereocenters. The van der Waals surface area contributed by atoms with Gasteiger partial charge in [-0.05, 0) is 27.7 Å². The van der Waals surface area contributed by atoms with E-state index in [1.165, 1.54) is 0 Å². The Morgan fingerprint density at radius 3 is 2.07 bits per heavy atom. The van der Waals surface area contributed by atoms with Gasteiger partial charge in [0.25, 0.3) is 0 Å². The van der Waals surface area contributed by atoms with Gasteiger partial charge in [0.15, 0.2) is 0 Å². The van der Waals surface area contributed by atoms with Gasteiger partial charge in [0.05, 0.1) is 11.2 Å². The van der Waals surface area contributed by atoms with E-state index < -0.39 is 11.2 Å². The van der Waals surface area contributed by atoms with Gasteiger partial charge in [-0.1, -0.05) is 35.8 Å². The molecule has 0 spiro atoms. The van der Waals surface area contributed by atoms with E-state index in [0.29, 0.717) is 7.48 Å². The lowest BCUT2D eigenvalue weighted by molar-refractivity contribution is -0.0893. The van der Waals surface area contributed by atoms with Crippen molar-refractivity contribution in [2.75, 3.05) is 0 Å². The van der Waals surface area contributed by atoms with Gasteiger partial charge in [0.1, 0.15) is 0 Å². The van der Waals surface area contributed by atoms with Gasteiger partial charge in [0.2, 0.25) is 0 Å². The first-order chi connectivity index (χ1) is 6.83. The van der Waals surface area contributed by atoms with Crippen LogP contribution in [0.1, 0.15) is 27.7 Å². The molecule has 0 radical (unpaired) electrons. The van der Waals surface area contributed by atoms with E-state index in [1.54, 1.807) is 13.8 Å². The van der Waals surface area contributed by atoms with Gasteiger partial charge in [0, 0.05) is 0 Å². The first kappa shape index (κ1) is 12.3. The molecule has 0 amide bonds. The van der Waals surface area contributed by atoms with Crippen molar-refractivity contribution in [3.63, 3.8) is 0 Å². The van der Waals surface area contributed by atoms with Crippen molar-refractivity contribution in [1.82, 2.24) is 0 Å². The Hall–Kier alpha value is -0.795. The fourth-order valence-electron chi connectivity index (χ4n) is 1.01. The predicted octanol–water partition coefficient (Wildman–Crippen LogP) is 1.23. The molecule has 0 saturated carbocycles. The third-order valence-electron chi connectivity index (χ3n) is 2.92. The monoisotopic (exact) mass is 206 g/mol. The first-order valence-electron chi connectivity index (χ1n) is 5.23. The van der Waals surface area contributed by atoms with E-state index in [-0.39, 0.29) is 0 Å². The molecule has 0 aliphatic carbocycles. The summed E-state index contributed by atoms with van der Waals surface area (Å²) in [6.45, 7) is 7.32. The molecule has 15 heavy (non-hydrogen) atoms. The molecular formula is C12H19BO2. The number of hydrogen-bond donors (Lipinski definition) is 1. The van der Waals surface area contributed by atoms with Gasteiger partial charge in [-0.25, -0.2) is 0 Å². The Bertz CT molecular complexity index is 301. The summed E-state index contributed by atoms with van der Waals surface area (Å²) >= 11 is 0. The maximum Gasteiger partial charge on any atom is 0.309 e. The standard InChI is InChI=1S/C12H19BO2/c1-11(2,14)12(3,4)15-13-10-8-6-5-7-9-10/h5-9,13-14H,1-4H3. The SMILES string of the molecule is CC(C)(O)C(C)(C)OBc1ccccc1. The molecule has 0 fully saturated rings. The summed E-state index contributed by atoms with van der Waals surface area (Å²) in [6.07, 6.45) is 0. The minimum Gasteiger partial charge on any atom is -0.427 e. The van der Waals surface area contributed by atoms with Crippen LogP contribution >= 0.6 is 0 Å². The van der Waals surface area contributed by atoms with Gasteiger partial charge in [-0.3, -0.25) is 0 Å². The number of benzene rings is 1. The maximum absolute atomic E-state index is 9.90. The molecule has 82 valence electrons. The zero-order valence-corrected chi connectivity index (χ0v) is 9.95. The van der Waals surface area contributed by atoms with Crippen LogP contribution in [0.5, 0.6) is 0 Å². The van der Waals surface area contributed by atoms with Gasteiger partial charge in [-0.15, -0.1) is 0 Å². The average Bonchev–Trinajstić information content (AvgIpc) is 2.15. The zero-order valence-electron chi connectivity index (χ0n) is 9.95. The van der Waals surface area contributed by atoms with Crippen LogP contribution in [0.25, 0.3) is 0 Å². The Labute approximate surface area is 92.6 Å². The lowest BCUT2D eigenvalue weighted by atomic mass is 9.83. The summed E-state index contributed by atoms with van der Waals surface area (Å²) in [5.74, 6) is 0. The Kier molecular flexibility index (Phi) is 3.58. The third-order valence-corrected chi connectivity index (χ3v) is 2.92. The largest absolute Gasteiger partial charge is 0.427 e. The van der Waals surface area contributed by atoms with E-state index in [4.69, 9.17) is 4.65 Å². The Balaban J connectivity index is 2.58. The molecule has 0 aliphatic heterocycles. The maximum atomic E-state index is 9.90. The van der Waals surface area contributed by atoms with Crippen molar-refractivity contribution in [3.05, 3.63) is 30.3 Å². The highest BCUT2D eigenvalue weighted by atomic mass is 16.5. The number of aliphatic hydroxyl groups is 1. The predicted molar refractivity (Wildman–Crippen MR) is 64.7 cm³/mol. The van der Waals surface area contributed by atoms with Crippen LogP contribution in [-0.2, 0) is 4.65 Å². The van der Waals surface area contributed by atoms with Crippen LogP contribution in [0.4, 0.5) is 0 Å². The normalized spacial score (nSPS) is 12.6. The van der Waals surface area contributed by atoms with Crippen LogP contribution in [0.2, 0.25) is 0 Å². The van der Waals surface area contributed by atoms with E-state index >= 15 is 0 Å². The molecule has 1 N–H and O–H groups in total. The van der Waals surface area contributed by atoms with Gasteiger partial charge in [-0.2, -0.15) is 0 Å². The van der Waals surface area contributed by atoms with Gasteiger partial charge >= 0.3 is 7.48 Å². The molecule has 2 nitrogen and oxygen atoms in total. The summed E-state index contributed by atoms with van der Waals surface area (Å²) in [5.41, 5.74) is -0.278. The summed E-state index contributed by atoms with van der Waals surface area (Å²) in [5, 5.41) is 9.90. The molecule has 3 heteroatoms. The summed E-state index contributed by atoms with van der Waals surface area (Å²) in [6, 6.07) is 9.97. The highest BCUT2D eigenvalue weighted by Crippen LogP contribution is 2.24. The minimum atomic E-state index is -0.845. The molecule has 0 unspecified atom stereocenters. The molecule has 0 aromatic heterocycles. The molecule has 1 aromatic rings. The third kappa shape index (κ3) is 3.36. The van der Waals surface area contributed by atoms with E-state index in [2.05, 4.69) is 0 Å². The van der Waals surface area contributed by atoms with Crippen LogP contribution in [0, 0.1) is 0 Å².